The number of aromatic nitrogens is 2. The molecule has 0 aliphatic heterocycles. The van der Waals surface area contributed by atoms with Crippen molar-refractivity contribution in [3.05, 3.63) is 47.7 Å². The number of carbonyl (C=O) groups is 2. The molecule has 1 aromatic heterocycles. The van der Waals surface area contributed by atoms with Crippen molar-refractivity contribution in [3.63, 3.8) is 0 Å². The highest BCUT2D eigenvalue weighted by molar-refractivity contribution is 5.88. The number of likely N-dealkylation sites (N-methyl/N-ethyl adjacent to an activating group) is 1. The molecule has 1 aliphatic carbocycles. The average Bonchev–Trinajstić information content (AvgIpc) is 3.15. The van der Waals surface area contributed by atoms with E-state index < -0.39 is 0 Å². The molecule has 7 heteroatoms. The number of fused-ring (bicyclic) bond motifs is 1. The summed E-state index contributed by atoms with van der Waals surface area (Å²) >= 11 is 0. The van der Waals surface area contributed by atoms with Gasteiger partial charge in [0.1, 0.15) is 6.54 Å². The largest absolute Gasteiger partial charge is 0.355 e. The van der Waals surface area contributed by atoms with E-state index in [1.54, 1.807) is 12.3 Å². The fourth-order valence-electron chi connectivity index (χ4n) is 2.93. The molecule has 0 unspecified atom stereocenters. The highest BCUT2D eigenvalue weighted by Gasteiger charge is 2.23. The second kappa shape index (κ2) is 7.16. The van der Waals surface area contributed by atoms with Crippen LogP contribution in [0.25, 0.3) is 0 Å². The summed E-state index contributed by atoms with van der Waals surface area (Å²) in [6, 6.07) is 9.55. The normalized spacial score (nSPS) is 15.6. The third kappa shape index (κ3) is 3.73. The van der Waals surface area contributed by atoms with Crippen LogP contribution in [0.15, 0.2) is 36.5 Å². The number of amides is 3. The Morgan fingerprint density at radius 3 is 2.96 bits per heavy atom. The van der Waals surface area contributed by atoms with Gasteiger partial charge in [-0.05, 0) is 30.9 Å². The molecule has 0 fully saturated rings. The Bertz CT molecular complexity index is 740. The van der Waals surface area contributed by atoms with Gasteiger partial charge in [0, 0.05) is 18.8 Å². The van der Waals surface area contributed by atoms with E-state index in [2.05, 4.69) is 27.1 Å². The van der Waals surface area contributed by atoms with Crippen molar-refractivity contribution in [1.82, 2.24) is 20.4 Å². The first kappa shape index (κ1) is 16.0. The maximum absolute atomic E-state index is 12.2. The van der Waals surface area contributed by atoms with E-state index >= 15 is 0 Å². The lowest BCUT2D eigenvalue weighted by Crippen LogP contribution is -2.32. The molecule has 3 N–H and O–H groups in total. The Hall–Kier alpha value is -2.83. The molecule has 7 nitrogen and oxygen atoms in total. The molecule has 0 saturated heterocycles. The van der Waals surface area contributed by atoms with Crippen molar-refractivity contribution < 1.29 is 9.59 Å². The first-order valence-corrected chi connectivity index (χ1v) is 8.11. The van der Waals surface area contributed by atoms with Crippen LogP contribution in [0.2, 0.25) is 0 Å². The molecule has 0 radical (unpaired) electrons. The lowest BCUT2D eigenvalue weighted by atomic mass is 10.1. The van der Waals surface area contributed by atoms with Gasteiger partial charge >= 0.3 is 6.03 Å². The molecule has 1 aromatic carbocycles. The molecule has 1 heterocycles. The lowest BCUT2D eigenvalue weighted by Gasteiger charge is -2.14. The Kier molecular flexibility index (Phi) is 4.79. The molecule has 0 bridgehead atoms. The molecule has 0 saturated carbocycles. The number of rotatable bonds is 5. The standard InChI is InChI=1S/C17H21N5O2/c1-2-18-16(23)11-22-10-9-15(21-22)20-17(24)19-14-8-7-12-5-3-4-6-13(12)14/h3-6,9-10,14H,2,7-8,11H2,1H3,(H,18,23)(H2,19,20,21,24)/t14-/m1/s1. The summed E-state index contributed by atoms with van der Waals surface area (Å²) in [5, 5.41) is 12.6. The number of nitrogens with zero attached hydrogens (tertiary/aromatic N) is 2. The van der Waals surface area contributed by atoms with Crippen LogP contribution in [0.3, 0.4) is 0 Å². The first-order valence-electron chi connectivity index (χ1n) is 8.11. The minimum Gasteiger partial charge on any atom is -0.355 e. The minimum absolute atomic E-state index is 0.0265. The Morgan fingerprint density at radius 2 is 2.12 bits per heavy atom. The quantitative estimate of drug-likeness (QED) is 0.783. The number of urea groups is 1. The highest BCUT2D eigenvalue weighted by atomic mass is 16.2. The van der Waals surface area contributed by atoms with E-state index in [9.17, 15) is 9.59 Å². The van der Waals surface area contributed by atoms with Crippen molar-refractivity contribution in [3.8, 4) is 0 Å². The lowest BCUT2D eigenvalue weighted by molar-refractivity contribution is -0.121. The number of nitrogens with one attached hydrogen (secondary N) is 3. The summed E-state index contributed by atoms with van der Waals surface area (Å²) in [7, 11) is 0. The summed E-state index contributed by atoms with van der Waals surface area (Å²) in [5.41, 5.74) is 2.46. The minimum atomic E-state index is -0.292. The van der Waals surface area contributed by atoms with Gasteiger partial charge in [-0.25, -0.2) is 4.79 Å². The molecular formula is C17H21N5O2. The van der Waals surface area contributed by atoms with E-state index in [1.807, 2.05) is 25.1 Å². The zero-order chi connectivity index (χ0) is 16.9. The number of anilines is 1. The maximum atomic E-state index is 12.2. The van der Waals surface area contributed by atoms with Crippen LogP contribution in [0, 0.1) is 0 Å². The van der Waals surface area contributed by atoms with Crippen LogP contribution in [-0.2, 0) is 17.8 Å². The number of hydrogen-bond donors (Lipinski definition) is 3. The summed E-state index contributed by atoms with van der Waals surface area (Å²) < 4.78 is 1.49. The summed E-state index contributed by atoms with van der Waals surface area (Å²) in [4.78, 5) is 23.7. The topological polar surface area (TPSA) is 88.0 Å². The van der Waals surface area contributed by atoms with E-state index in [1.165, 1.54) is 15.8 Å². The molecule has 126 valence electrons. The van der Waals surface area contributed by atoms with Gasteiger partial charge in [-0.2, -0.15) is 5.10 Å². The van der Waals surface area contributed by atoms with E-state index in [-0.39, 0.29) is 24.5 Å². The van der Waals surface area contributed by atoms with Gasteiger partial charge in [-0.1, -0.05) is 24.3 Å². The molecule has 0 spiro atoms. The van der Waals surface area contributed by atoms with E-state index in [4.69, 9.17) is 0 Å². The van der Waals surface area contributed by atoms with Crippen molar-refractivity contribution in [2.75, 3.05) is 11.9 Å². The number of aryl methyl sites for hydroxylation is 1. The van der Waals surface area contributed by atoms with Gasteiger partial charge in [0.25, 0.3) is 0 Å². The summed E-state index contributed by atoms with van der Waals surface area (Å²) in [5.74, 6) is 0.308. The van der Waals surface area contributed by atoms with Crippen LogP contribution in [0.5, 0.6) is 0 Å². The Balaban J connectivity index is 1.54. The van der Waals surface area contributed by atoms with Crippen LogP contribution in [-0.4, -0.2) is 28.3 Å². The number of carbonyl (C=O) groups excluding carboxylic acids is 2. The SMILES string of the molecule is CCNC(=O)Cn1ccc(NC(=O)N[C@@H]2CCc3ccccc32)n1. The second-order valence-corrected chi connectivity index (χ2v) is 5.74. The second-order valence-electron chi connectivity index (χ2n) is 5.74. The predicted octanol–water partition coefficient (Wildman–Crippen LogP) is 1.83. The average molecular weight is 327 g/mol. The van der Waals surface area contributed by atoms with Crippen molar-refractivity contribution in [2.24, 2.45) is 0 Å². The van der Waals surface area contributed by atoms with E-state index in [0.717, 1.165) is 12.8 Å². The predicted molar refractivity (Wildman–Crippen MR) is 90.6 cm³/mol. The molecular weight excluding hydrogens is 306 g/mol. The molecule has 1 aliphatic rings. The highest BCUT2D eigenvalue weighted by Crippen LogP contribution is 2.30. The van der Waals surface area contributed by atoms with Crippen LogP contribution in [0.4, 0.5) is 10.6 Å². The molecule has 1 atom stereocenters. The van der Waals surface area contributed by atoms with Crippen LogP contribution in [0.1, 0.15) is 30.5 Å². The summed E-state index contributed by atoms with van der Waals surface area (Å²) in [6.45, 7) is 2.57. The van der Waals surface area contributed by atoms with E-state index in [0.29, 0.717) is 12.4 Å². The third-order valence-corrected chi connectivity index (χ3v) is 4.00. The van der Waals surface area contributed by atoms with Crippen LogP contribution >= 0.6 is 0 Å². The van der Waals surface area contributed by atoms with Crippen molar-refractivity contribution in [2.45, 2.75) is 32.4 Å². The maximum Gasteiger partial charge on any atom is 0.320 e. The fraction of sp³-hybridized carbons (Fsp3) is 0.353. The number of hydrogen-bond acceptors (Lipinski definition) is 3. The molecule has 3 amide bonds. The van der Waals surface area contributed by atoms with Crippen LogP contribution < -0.4 is 16.0 Å². The van der Waals surface area contributed by atoms with Gasteiger partial charge in [-0.15, -0.1) is 0 Å². The Morgan fingerprint density at radius 1 is 1.29 bits per heavy atom. The van der Waals surface area contributed by atoms with Gasteiger partial charge in [-0.3, -0.25) is 14.8 Å². The number of benzene rings is 1. The van der Waals surface area contributed by atoms with Gasteiger partial charge in [0.05, 0.1) is 6.04 Å². The first-order chi connectivity index (χ1) is 11.7. The monoisotopic (exact) mass is 327 g/mol. The fourth-order valence-corrected chi connectivity index (χ4v) is 2.93. The Labute approximate surface area is 140 Å². The summed E-state index contributed by atoms with van der Waals surface area (Å²) in [6.07, 6.45) is 3.54. The smallest absolute Gasteiger partial charge is 0.320 e. The zero-order valence-corrected chi connectivity index (χ0v) is 13.6. The molecule has 24 heavy (non-hydrogen) atoms. The van der Waals surface area contributed by atoms with Crippen molar-refractivity contribution in [1.29, 1.82) is 0 Å². The van der Waals surface area contributed by atoms with Crippen molar-refractivity contribution >= 4 is 17.8 Å². The van der Waals surface area contributed by atoms with Gasteiger partial charge in [0.15, 0.2) is 5.82 Å². The van der Waals surface area contributed by atoms with Gasteiger partial charge < -0.3 is 10.6 Å². The molecule has 3 rings (SSSR count). The van der Waals surface area contributed by atoms with Gasteiger partial charge in [0.2, 0.25) is 5.91 Å². The third-order valence-electron chi connectivity index (χ3n) is 4.00. The molecule has 2 aromatic rings. The zero-order valence-electron chi connectivity index (χ0n) is 13.6.